The monoisotopic (exact) mass is 573 g/mol. The number of carbonyl (C=O) groups excluding carboxylic acids is 2. The van der Waals surface area contributed by atoms with Gasteiger partial charge in [-0.05, 0) is 76.9 Å². The zero-order valence-electron chi connectivity index (χ0n) is 24.2. The summed E-state index contributed by atoms with van der Waals surface area (Å²) in [5, 5.41) is 23.9. The summed E-state index contributed by atoms with van der Waals surface area (Å²) < 4.78 is 0. The Hall–Kier alpha value is -5.22. The molecule has 0 saturated heterocycles. The molecule has 4 rings (SSSR count). The van der Waals surface area contributed by atoms with E-state index in [9.17, 15) is 19.6 Å². The smallest absolute Gasteiger partial charge is 0.394 e. The van der Waals surface area contributed by atoms with Crippen molar-refractivity contribution >= 4 is 17.8 Å². The highest BCUT2D eigenvalue weighted by Gasteiger charge is 2.20. The number of carbonyl (C=O) groups is 3. The van der Waals surface area contributed by atoms with E-state index < -0.39 is 17.9 Å². The molecular weight excluding hydrogens is 538 g/mol. The fourth-order valence-corrected chi connectivity index (χ4v) is 4.91. The van der Waals surface area contributed by atoms with Crippen molar-refractivity contribution in [1.82, 2.24) is 10.6 Å². The molecule has 218 valence electrons. The van der Waals surface area contributed by atoms with Crippen LogP contribution in [0.2, 0.25) is 0 Å². The normalized spacial score (nSPS) is 11.3. The minimum Gasteiger partial charge on any atom is -0.474 e. The molecule has 7 nitrogen and oxygen atoms in total. The van der Waals surface area contributed by atoms with Crippen LogP contribution in [-0.4, -0.2) is 22.9 Å². The summed E-state index contributed by atoms with van der Waals surface area (Å²) in [6, 6.07) is 31.6. The molecule has 1 unspecified atom stereocenters. The third-order valence-electron chi connectivity index (χ3n) is 7.31. The Labute approximate surface area is 252 Å². The number of unbranched alkanes of at least 4 members (excludes halogenated alkanes) is 2. The van der Waals surface area contributed by atoms with Gasteiger partial charge in [0.1, 0.15) is 0 Å². The van der Waals surface area contributed by atoms with Crippen LogP contribution in [0.5, 0.6) is 0 Å². The molecule has 0 saturated carbocycles. The van der Waals surface area contributed by atoms with Crippen LogP contribution < -0.4 is 10.6 Å². The van der Waals surface area contributed by atoms with E-state index in [0.29, 0.717) is 29.7 Å². The average molecular weight is 574 g/mol. The van der Waals surface area contributed by atoms with Crippen molar-refractivity contribution in [3.8, 4) is 17.2 Å². The number of amides is 2. The highest BCUT2D eigenvalue weighted by Crippen LogP contribution is 2.25. The van der Waals surface area contributed by atoms with Gasteiger partial charge in [0.25, 0.3) is 5.91 Å². The number of nitrogens with one attached hydrogen (secondary N) is 2. The number of aliphatic carboxylic acids is 1. The highest BCUT2D eigenvalue weighted by molar-refractivity contribution is 6.31. The van der Waals surface area contributed by atoms with Gasteiger partial charge in [0.2, 0.25) is 0 Å². The van der Waals surface area contributed by atoms with Gasteiger partial charge in [-0.1, -0.05) is 92.6 Å². The zero-order chi connectivity index (χ0) is 30.6. The van der Waals surface area contributed by atoms with Gasteiger partial charge in [0.05, 0.1) is 17.7 Å². The molecule has 0 heterocycles. The molecule has 2 amide bonds. The molecule has 7 heteroatoms. The maximum Gasteiger partial charge on any atom is 0.394 e. The largest absolute Gasteiger partial charge is 0.474 e. The molecule has 0 aliphatic rings. The lowest BCUT2D eigenvalue weighted by atomic mass is 9.95. The molecule has 0 aliphatic heterocycles. The quantitative estimate of drug-likeness (QED) is 0.134. The third-order valence-corrected chi connectivity index (χ3v) is 7.31. The Kier molecular flexibility index (Phi) is 10.8. The van der Waals surface area contributed by atoms with Gasteiger partial charge in [0, 0.05) is 12.1 Å². The number of rotatable bonds is 12. The standard InChI is InChI=1S/C36H35N3O4/c1-2-3-4-7-25-12-14-26(15-13-25)24-38-34(40)32-11-6-10-31(22-32)29-16-18-30(19-17-29)33(39-35(41)36(42)43)21-27-8-5-9-28(20-27)23-37/h5-6,8-20,22,33H,2-4,7,21,24H2,1H3,(H,38,40)(H,39,41)(H,42,43). The predicted molar refractivity (Wildman–Crippen MR) is 166 cm³/mol. The molecule has 1 atom stereocenters. The lowest BCUT2D eigenvalue weighted by Crippen LogP contribution is -2.35. The van der Waals surface area contributed by atoms with Gasteiger partial charge < -0.3 is 15.7 Å². The zero-order valence-corrected chi connectivity index (χ0v) is 24.2. The Morgan fingerprint density at radius 2 is 1.53 bits per heavy atom. The maximum absolute atomic E-state index is 12.9. The molecule has 0 radical (unpaired) electrons. The van der Waals surface area contributed by atoms with E-state index in [4.69, 9.17) is 5.11 Å². The second-order valence-corrected chi connectivity index (χ2v) is 10.5. The third kappa shape index (κ3) is 8.88. The molecule has 0 bridgehead atoms. The Bertz CT molecular complexity index is 1610. The summed E-state index contributed by atoms with van der Waals surface area (Å²) in [4.78, 5) is 36.2. The van der Waals surface area contributed by atoms with Crippen LogP contribution in [0.4, 0.5) is 0 Å². The molecule has 4 aromatic rings. The second-order valence-electron chi connectivity index (χ2n) is 10.5. The first-order valence-electron chi connectivity index (χ1n) is 14.5. The summed E-state index contributed by atoms with van der Waals surface area (Å²) in [5.41, 5.74) is 6.61. The van der Waals surface area contributed by atoms with E-state index in [0.717, 1.165) is 28.7 Å². The molecule has 0 spiro atoms. The van der Waals surface area contributed by atoms with Gasteiger partial charge in [-0.25, -0.2) is 4.79 Å². The Morgan fingerprint density at radius 3 is 2.23 bits per heavy atom. The van der Waals surface area contributed by atoms with Crippen molar-refractivity contribution in [1.29, 1.82) is 5.26 Å². The lowest BCUT2D eigenvalue weighted by molar-refractivity contribution is -0.150. The number of benzene rings is 4. The minimum absolute atomic E-state index is 0.165. The van der Waals surface area contributed by atoms with Crippen molar-refractivity contribution in [2.75, 3.05) is 0 Å². The van der Waals surface area contributed by atoms with Crippen LogP contribution in [0.1, 0.15) is 70.4 Å². The van der Waals surface area contributed by atoms with Gasteiger partial charge >= 0.3 is 11.9 Å². The number of nitrogens with zero attached hydrogens (tertiary/aromatic N) is 1. The molecule has 0 fully saturated rings. The summed E-state index contributed by atoms with van der Waals surface area (Å²) >= 11 is 0. The van der Waals surface area contributed by atoms with Gasteiger partial charge in [-0.3, -0.25) is 9.59 Å². The number of hydrogen-bond donors (Lipinski definition) is 3. The molecule has 4 aromatic carbocycles. The molecular formula is C36H35N3O4. The number of nitriles is 1. The number of carboxylic acids is 1. The molecule has 0 aromatic heterocycles. The molecule has 0 aliphatic carbocycles. The number of aryl methyl sites for hydroxylation is 1. The predicted octanol–water partition coefficient (Wildman–Crippen LogP) is 6.37. The Balaban J connectivity index is 1.44. The number of hydrogen-bond acceptors (Lipinski definition) is 4. The maximum atomic E-state index is 12.9. The van der Waals surface area contributed by atoms with E-state index in [-0.39, 0.29) is 5.91 Å². The first kappa shape index (κ1) is 30.7. The van der Waals surface area contributed by atoms with Crippen LogP contribution in [0, 0.1) is 11.3 Å². The van der Waals surface area contributed by atoms with Crippen molar-refractivity contribution in [2.45, 2.75) is 51.6 Å². The topological polar surface area (TPSA) is 119 Å². The summed E-state index contributed by atoms with van der Waals surface area (Å²) in [6.07, 6.45) is 5.00. The van der Waals surface area contributed by atoms with E-state index >= 15 is 0 Å². The fraction of sp³-hybridized carbons (Fsp3) is 0.222. The first-order valence-corrected chi connectivity index (χ1v) is 14.5. The van der Waals surface area contributed by atoms with Crippen LogP contribution in [0.25, 0.3) is 11.1 Å². The minimum atomic E-state index is -1.57. The van der Waals surface area contributed by atoms with Gasteiger partial charge in [-0.2, -0.15) is 5.26 Å². The lowest BCUT2D eigenvalue weighted by Gasteiger charge is -2.19. The average Bonchev–Trinajstić information content (AvgIpc) is 3.04. The van der Waals surface area contributed by atoms with Crippen LogP contribution in [0.3, 0.4) is 0 Å². The van der Waals surface area contributed by atoms with Gasteiger partial charge in [0.15, 0.2) is 0 Å². The Morgan fingerprint density at radius 1 is 0.814 bits per heavy atom. The second kappa shape index (κ2) is 15.1. The van der Waals surface area contributed by atoms with Crippen molar-refractivity contribution in [2.24, 2.45) is 0 Å². The van der Waals surface area contributed by atoms with Gasteiger partial charge in [-0.15, -0.1) is 0 Å². The van der Waals surface area contributed by atoms with Crippen LogP contribution in [0.15, 0.2) is 97.1 Å². The van der Waals surface area contributed by atoms with Crippen molar-refractivity contribution in [3.05, 3.63) is 130 Å². The van der Waals surface area contributed by atoms with Crippen LogP contribution >= 0.6 is 0 Å². The van der Waals surface area contributed by atoms with Crippen molar-refractivity contribution in [3.63, 3.8) is 0 Å². The molecule has 3 N–H and O–H groups in total. The van der Waals surface area contributed by atoms with Crippen molar-refractivity contribution < 1.29 is 19.5 Å². The SMILES string of the molecule is CCCCCc1ccc(CNC(=O)c2cccc(-c3ccc(C(Cc4cccc(C#N)c4)NC(=O)C(=O)O)cc3)c2)cc1. The van der Waals surface area contributed by atoms with E-state index in [2.05, 4.69) is 47.9 Å². The van der Waals surface area contributed by atoms with E-state index in [1.165, 1.54) is 24.8 Å². The molecule has 43 heavy (non-hydrogen) atoms. The first-order chi connectivity index (χ1) is 20.9. The number of carboxylic acid groups (broad SMARTS) is 1. The highest BCUT2D eigenvalue weighted by atomic mass is 16.4. The summed E-state index contributed by atoms with van der Waals surface area (Å²) in [7, 11) is 0. The van der Waals surface area contributed by atoms with E-state index in [1.807, 2.05) is 48.5 Å². The van der Waals surface area contributed by atoms with Crippen LogP contribution in [-0.2, 0) is 29.0 Å². The fourth-order valence-electron chi connectivity index (χ4n) is 4.91. The summed E-state index contributed by atoms with van der Waals surface area (Å²) in [6.45, 7) is 2.64. The summed E-state index contributed by atoms with van der Waals surface area (Å²) in [5.74, 6) is -2.84. The van der Waals surface area contributed by atoms with E-state index in [1.54, 1.807) is 24.3 Å².